The van der Waals surface area contributed by atoms with E-state index in [0.717, 1.165) is 10.6 Å². The Morgan fingerprint density at radius 3 is 2.72 bits per heavy atom. The summed E-state index contributed by atoms with van der Waals surface area (Å²) >= 11 is 1.23. The second kappa shape index (κ2) is 7.22. The largest absolute Gasteiger partial charge is 0.328 e. The summed E-state index contributed by atoms with van der Waals surface area (Å²) in [5, 5.41) is 1.74. The molecule has 0 saturated heterocycles. The first-order valence-corrected chi connectivity index (χ1v) is 8.15. The number of benzene rings is 1. The van der Waals surface area contributed by atoms with Crippen LogP contribution in [0.5, 0.6) is 0 Å². The molecule has 128 valence electrons. The van der Waals surface area contributed by atoms with Crippen LogP contribution < -0.4 is 16.1 Å². The van der Waals surface area contributed by atoms with Gasteiger partial charge in [0.25, 0.3) is 11.5 Å². The van der Waals surface area contributed by atoms with Crippen molar-refractivity contribution in [1.82, 2.24) is 14.1 Å². The summed E-state index contributed by atoms with van der Waals surface area (Å²) in [7, 11) is 0. The minimum Gasteiger partial charge on any atom is -0.319 e. The predicted octanol–water partition coefficient (Wildman–Crippen LogP) is 0.714. The highest BCUT2D eigenvalue weighted by molar-refractivity contribution is 7.07. The fourth-order valence-corrected chi connectivity index (χ4v) is 2.92. The Bertz CT molecular complexity index is 1090. The van der Waals surface area contributed by atoms with Gasteiger partial charge in [-0.25, -0.2) is 9.18 Å². The third kappa shape index (κ3) is 4.07. The number of nitrogens with zero attached hydrogens (tertiary/aromatic N) is 3. The van der Waals surface area contributed by atoms with Crippen molar-refractivity contribution in [2.75, 3.05) is 0 Å². The zero-order valence-electron chi connectivity index (χ0n) is 12.9. The predicted molar refractivity (Wildman–Crippen MR) is 89.7 cm³/mol. The molecule has 0 radical (unpaired) electrons. The summed E-state index contributed by atoms with van der Waals surface area (Å²) < 4.78 is 16.5. The molecular weight excluding hydrogens is 347 g/mol. The average molecular weight is 360 g/mol. The monoisotopic (exact) mass is 360 g/mol. The molecule has 3 aromatic rings. The summed E-state index contributed by atoms with van der Waals surface area (Å²) in [4.78, 5) is 41.1. The van der Waals surface area contributed by atoms with Gasteiger partial charge in [-0.05, 0) is 6.07 Å². The van der Waals surface area contributed by atoms with E-state index in [1.54, 1.807) is 34.3 Å². The molecule has 0 aliphatic rings. The molecule has 9 heteroatoms. The van der Waals surface area contributed by atoms with E-state index in [1.807, 2.05) is 0 Å². The van der Waals surface area contributed by atoms with Crippen LogP contribution in [0.15, 0.2) is 62.7 Å². The summed E-state index contributed by atoms with van der Waals surface area (Å²) in [5.74, 6) is -0.892. The highest BCUT2D eigenvalue weighted by Gasteiger charge is 2.06. The molecule has 0 spiro atoms. The number of nitrogens with one attached hydrogen (secondary N) is 1. The molecule has 1 aromatic carbocycles. The van der Waals surface area contributed by atoms with E-state index in [0.29, 0.717) is 10.4 Å². The first-order valence-electron chi connectivity index (χ1n) is 7.27. The Labute approximate surface area is 144 Å². The number of halogens is 1. The highest BCUT2D eigenvalue weighted by atomic mass is 32.1. The zero-order valence-corrected chi connectivity index (χ0v) is 13.7. The maximum atomic E-state index is 13.8. The van der Waals surface area contributed by atoms with E-state index in [2.05, 4.69) is 9.98 Å². The third-order valence-corrected chi connectivity index (χ3v) is 4.18. The molecule has 0 aliphatic carbocycles. The van der Waals surface area contributed by atoms with E-state index < -0.39 is 17.2 Å². The Morgan fingerprint density at radius 2 is 1.96 bits per heavy atom. The molecule has 25 heavy (non-hydrogen) atoms. The van der Waals surface area contributed by atoms with Gasteiger partial charge in [0.1, 0.15) is 12.4 Å². The van der Waals surface area contributed by atoms with E-state index in [9.17, 15) is 18.8 Å². The van der Waals surface area contributed by atoms with E-state index in [1.165, 1.54) is 23.6 Å². The minimum atomic E-state index is -0.679. The van der Waals surface area contributed by atoms with Gasteiger partial charge in [0, 0.05) is 29.4 Å². The smallest absolute Gasteiger partial charge is 0.319 e. The summed E-state index contributed by atoms with van der Waals surface area (Å²) in [6, 6.07) is 7.51. The lowest BCUT2D eigenvalue weighted by atomic mass is 10.2. The Morgan fingerprint density at radius 1 is 1.16 bits per heavy atom. The number of rotatable bonds is 4. The number of aromatic nitrogens is 3. The number of H-pyrrole nitrogens is 1. The van der Waals surface area contributed by atoms with Gasteiger partial charge in [-0.15, -0.1) is 11.3 Å². The molecule has 0 aliphatic heterocycles. The van der Waals surface area contributed by atoms with Gasteiger partial charge in [0.15, 0.2) is 4.80 Å². The number of hydrogen-bond donors (Lipinski definition) is 1. The molecule has 0 saturated carbocycles. The average Bonchev–Trinajstić information content (AvgIpc) is 2.99. The van der Waals surface area contributed by atoms with Crippen LogP contribution in [0.1, 0.15) is 5.56 Å². The van der Waals surface area contributed by atoms with Crippen molar-refractivity contribution >= 4 is 17.2 Å². The number of amides is 1. The maximum absolute atomic E-state index is 13.8. The van der Waals surface area contributed by atoms with Crippen molar-refractivity contribution in [2.24, 2.45) is 4.99 Å². The van der Waals surface area contributed by atoms with Crippen molar-refractivity contribution in [3.63, 3.8) is 0 Å². The zero-order chi connectivity index (χ0) is 17.8. The topological polar surface area (TPSA) is 89.2 Å². The number of thiazole rings is 1. The van der Waals surface area contributed by atoms with E-state index >= 15 is 0 Å². The molecule has 2 aromatic heterocycles. The van der Waals surface area contributed by atoms with Gasteiger partial charge in [0.05, 0.1) is 6.54 Å². The highest BCUT2D eigenvalue weighted by Crippen LogP contribution is 2.08. The maximum Gasteiger partial charge on any atom is 0.328 e. The fourth-order valence-electron chi connectivity index (χ4n) is 2.17. The van der Waals surface area contributed by atoms with Crippen molar-refractivity contribution in [3.05, 3.63) is 85.1 Å². The third-order valence-electron chi connectivity index (χ3n) is 3.38. The van der Waals surface area contributed by atoms with Crippen molar-refractivity contribution < 1.29 is 9.18 Å². The van der Waals surface area contributed by atoms with Gasteiger partial charge < -0.3 is 4.57 Å². The van der Waals surface area contributed by atoms with E-state index in [4.69, 9.17) is 0 Å². The molecule has 1 N–H and O–H groups in total. The van der Waals surface area contributed by atoms with Crippen molar-refractivity contribution in [3.8, 4) is 0 Å². The van der Waals surface area contributed by atoms with Crippen LogP contribution in [0.4, 0.5) is 4.39 Å². The molecule has 0 atom stereocenters. The Kier molecular flexibility index (Phi) is 4.85. The second-order valence-electron chi connectivity index (χ2n) is 5.15. The molecule has 3 rings (SSSR count). The standard InChI is InChI=1S/C16H13FN4O3S/c17-12-4-2-1-3-11(12)9-21-7-8-25-16(21)19-14(23)10-20-6-5-13(22)18-15(20)24/h1-8H,9-10H2,(H,18,22,24). The Balaban J connectivity index is 1.83. The van der Waals surface area contributed by atoms with Crippen LogP contribution in [-0.2, 0) is 17.9 Å². The molecule has 0 fully saturated rings. The van der Waals surface area contributed by atoms with Crippen molar-refractivity contribution in [2.45, 2.75) is 13.1 Å². The number of carbonyl (C=O) groups excluding carboxylic acids is 1. The van der Waals surface area contributed by atoms with Crippen LogP contribution in [0.25, 0.3) is 0 Å². The summed E-state index contributed by atoms with van der Waals surface area (Å²) in [6.07, 6.45) is 2.94. The molecule has 0 unspecified atom stereocenters. The van der Waals surface area contributed by atoms with Crippen LogP contribution in [0.2, 0.25) is 0 Å². The number of aromatic amines is 1. The lowest BCUT2D eigenvalue weighted by Crippen LogP contribution is -2.31. The molecule has 2 heterocycles. The summed E-state index contributed by atoms with van der Waals surface area (Å²) in [5.41, 5.74) is -0.736. The molecular formula is C16H13FN4O3S. The number of hydrogen-bond acceptors (Lipinski definition) is 4. The molecule has 1 amide bonds. The van der Waals surface area contributed by atoms with Crippen LogP contribution in [-0.4, -0.2) is 20.0 Å². The van der Waals surface area contributed by atoms with Crippen LogP contribution >= 0.6 is 11.3 Å². The number of carbonyl (C=O) groups is 1. The van der Waals surface area contributed by atoms with Gasteiger partial charge in [-0.1, -0.05) is 18.2 Å². The Hall–Kier alpha value is -3.07. The normalized spacial score (nSPS) is 11.6. The first kappa shape index (κ1) is 16.8. The second-order valence-corrected chi connectivity index (χ2v) is 6.02. The van der Waals surface area contributed by atoms with Crippen LogP contribution in [0.3, 0.4) is 0 Å². The molecule has 0 bridgehead atoms. The summed E-state index contributed by atoms with van der Waals surface area (Å²) in [6.45, 7) is -0.0614. The SMILES string of the molecule is O=C(Cn1ccc(=O)[nH]c1=O)N=c1sccn1Cc1ccccc1F. The van der Waals surface area contributed by atoms with Gasteiger partial charge in [-0.3, -0.25) is 19.1 Å². The van der Waals surface area contributed by atoms with Crippen molar-refractivity contribution in [1.29, 1.82) is 0 Å². The van der Waals surface area contributed by atoms with E-state index in [-0.39, 0.29) is 18.9 Å². The van der Waals surface area contributed by atoms with Gasteiger partial charge in [0.2, 0.25) is 0 Å². The quantitative estimate of drug-likeness (QED) is 0.743. The first-order chi connectivity index (χ1) is 12.0. The van der Waals surface area contributed by atoms with Gasteiger partial charge >= 0.3 is 5.69 Å². The lowest BCUT2D eigenvalue weighted by Gasteiger charge is -2.04. The fraction of sp³-hybridized carbons (Fsp3) is 0.125. The minimum absolute atomic E-state index is 0.237. The molecule has 7 nitrogen and oxygen atoms in total. The van der Waals surface area contributed by atoms with Crippen LogP contribution in [0, 0.1) is 5.82 Å². The van der Waals surface area contributed by atoms with Gasteiger partial charge in [-0.2, -0.15) is 4.99 Å². The lowest BCUT2D eigenvalue weighted by molar-refractivity contribution is -0.118.